The van der Waals surface area contributed by atoms with Crippen LogP contribution in [0.2, 0.25) is 0 Å². The third kappa shape index (κ3) is 2.77. The van der Waals surface area contributed by atoms with Crippen LogP contribution >= 0.6 is 15.9 Å². The Balaban J connectivity index is 2.37. The minimum atomic E-state index is 0.268. The minimum absolute atomic E-state index is 0.268. The molecule has 1 aromatic carbocycles. The molecule has 0 radical (unpaired) electrons. The summed E-state index contributed by atoms with van der Waals surface area (Å²) in [5.41, 5.74) is 1.02. The predicted octanol–water partition coefficient (Wildman–Crippen LogP) is 2.62. The molecule has 0 unspecified atom stereocenters. The highest BCUT2D eigenvalue weighted by atomic mass is 79.9. The second kappa shape index (κ2) is 6.21. The van der Waals surface area contributed by atoms with E-state index in [2.05, 4.69) is 45.3 Å². The van der Waals surface area contributed by atoms with Gasteiger partial charge in [0.25, 0.3) is 0 Å². The average Bonchev–Trinajstić information content (AvgIpc) is 2.89. The van der Waals surface area contributed by atoms with Gasteiger partial charge in [-0.2, -0.15) is 0 Å². The number of hydrogen-bond donors (Lipinski definition) is 0. The van der Waals surface area contributed by atoms with Crippen molar-refractivity contribution in [2.24, 2.45) is 0 Å². The van der Waals surface area contributed by atoms with Crippen molar-refractivity contribution in [2.45, 2.75) is 26.3 Å². The van der Waals surface area contributed by atoms with E-state index >= 15 is 0 Å². The molecule has 6 nitrogen and oxygen atoms in total. The fourth-order valence-electron chi connectivity index (χ4n) is 1.95. The molecule has 2 aromatic rings. The molecule has 0 amide bonds. The third-order valence-electron chi connectivity index (χ3n) is 2.96. The van der Waals surface area contributed by atoms with Crippen molar-refractivity contribution in [1.82, 2.24) is 20.2 Å². The maximum Gasteiger partial charge on any atom is 0.175 e. The lowest BCUT2D eigenvalue weighted by atomic mass is 10.1. The Morgan fingerprint density at radius 2 is 2.00 bits per heavy atom. The van der Waals surface area contributed by atoms with Crippen LogP contribution < -0.4 is 9.47 Å². The summed E-state index contributed by atoms with van der Waals surface area (Å²) < 4.78 is 13.3. The molecule has 0 aliphatic carbocycles. The van der Waals surface area contributed by atoms with Gasteiger partial charge in [0.2, 0.25) is 0 Å². The summed E-state index contributed by atoms with van der Waals surface area (Å²) in [7, 11) is 3.23. The van der Waals surface area contributed by atoms with E-state index < -0.39 is 0 Å². The van der Waals surface area contributed by atoms with E-state index in [1.54, 1.807) is 18.9 Å². The molecule has 0 aliphatic heterocycles. The van der Waals surface area contributed by atoms with Crippen LogP contribution in [0.1, 0.15) is 31.2 Å². The summed E-state index contributed by atoms with van der Waals surface area (Å²) in [6.07, 6.45) is 0. The van der Waals surface area contributed by atoms with E-state index in [4.69, 9.17) is 9.47 Å². The van der Waals surface area contributed by atoms with Crippen molar-refractivity contribution >= 4 is 15.9 Å². The first-order valence-corrected chi connectivity index (χ1v) is 7.03. The van der Waals surface area contributed by atoms with Crippen molar-refractivity contribution in [3.05, 3.63) is 28.0 Å². The first-order chi connectivity index (χ1) is 9.58. The Morgan fingerprint density at radius 3 is 2.60 bits per heavy atom. The predicted molar refractivity (Wildman–Crippen MR) is 78.3 cm³/mol. The average molecular weight is 341 g/mol. The zero-order chi connectivity index (χ0) is 14.7. The molecule has 0 saturated heterocycles. The highest BCUT2D eigenvalue weighted by Crippen LogP contribution is 2.37. The topological polar surface area (TPSA) is 62.1 Å². The summed E-state index contributed by atoms with van der Waals surface area (Å²) in [6, 6.07) is 3.84. The van der Waals surface area contributed by atoms with Crippen LogP contribution in [0, 0.1) is 0 Å². The van der Waals surface area contributed by atoms with E-state index in [1.807, 2.05) is 12.1 Å². The van der Waals surface area contributed by atoms with Gasteiger partial charge in [0, 0.05) is 5.92 Å². The second-order valence-electron chi connectivity index (χ2n) is 4.62. The monoisotopic (exact) mass is 340 g/mol. The highest BCUT2D eigenvalue weighted by molar-refractivity contribution is 9.10. The highest BCUT2D eigenvalue weighted by Gasteiger charge is 2.16. The Labute approximate surface area is 126 Å². The first kappa shape index (κ1) is 14.8. The summed E-state index contributed by atoms with van der Waals surface area (Å²) in [6.45, 7) is 4.69. The lowest BCUT2D eigenvalue weighted by Crippen LogP contribution is -2.09. The second-order valence-corrected chi connectivity index (χ2v) is 5.42. The zero-order valence-corrected chi connectivity index (χ0v) is 13.5. The fourth-order valence-corrected chi connectivity index (χ4v) is 2.57. The van der Waals surface area contributed by atoms with Crippen molar-refractivity contribution < 1.29 is 9.47 Å². The number of tetrazole rings is 1. The van der Waals surface area contributed by atoms with E-state index in [-0.39, 0.29) is 5.92 Å². The molecule has 0 spiro atoms. The van der Waals surface area contributed by atoms with Crippen molar-refractivity contribution in [2.75, 3.05) is 14.2 Å². The van der Waals surface area contributed by atoms with Crippen LogP contribution in [0.3, 0.4) is 0 Å². The van der Waals surface area contributed by atoms with Crippen LogP contribution in [0.4, 0.5) is 0 Å². The normalized spacial score (nSPS) is 10.9. The largest absolute Gasteiger partial charge is 0.493 e. The van der Waals surface area contributed by atoms with Gasteiger partial charge in [-0.3, -0.25) is 0 Å². The molecule has 0 atom stereocenters. The minimum Gasteiger partial charge on any atom is -0.493 e. The SMILES string of the molecule is COc1ccc(Cn2nnnc2C(C)C)c(Br)c1OC. The maximum absolute atomic E-state index is 5.37. The van der Waals surface area contributed by atoms with Crippen LogP contribution in [0.15, 0.2) is 16.6 Å². The molecular weight excluding hydrogens is 324 g/mol. The molecular formula is C13H17BrN4O2. The molecule has 0 N–H and O–H groups in total. The maximum atomic E-state index is 5.37. The van der Waals surface area contributed by atoms with Gasteiger partial charge in [0.05, 0.1) is 25.2 Å². The van der Waals surface area contributed by atoms with E-state index in [1.165, 1.54) is 0 Å². The van der Waals surface area contributed by atoms with Crippen molar-refractivity contribution in [1.29, 1.82) is 0 Å². The number of halogens is 1. The van der Waals surface area contributed by atoms with Gasteiger partial charge in [-0.1, -0.05) is 19.9 Å². The third-order valence-corrected chi connectivity index (χ3v) is 3.83. The quantitative estimate of drug-likeness (QED) is 0.837. The Bertz CT molecular complexity index is 598. The number of rotatable bonds is 5. The molecule has 0 bridgehead atoms. The molecule has 1 heterocycles. The number of nitrogens with zero attached hydrogens (tertiary/aromatic N) is 4. The number of hydrogen-bond acceptors (Lipinski definition) is 5. The molecule has 2 rings (SSSR count). The van der Waals surface area contributed by atoms with Crippen LogP contribution in [0.5, 0.6) is 11.5 Å². The van der Waals surface area contributed by atoms with Crippen molar-refractivity contribution in [3.63, 3.8) is 0 Å². The molecule has 1 aromatic heterocycles. The van der Waals surface area contributed by atoms with Gasteiger partial charge < -0.3 is 9.47 Å². The van der Waals surface area contributed by atoms with Crippen LogP contribution in [-0.2, 0) is 6.54 Å². The number of aromatic nitrogens is 4. The standard InChI is InChI=1S/C13H17BrN4O2/c1-8(2)13-15-16-17-18(13)7-9-5-6-10(19-3)12(20-4)11(9)14/h5-6,8H,7H2,1-4H3. The Hall–Kier alpha value is -1.63. The van der Waals surface area contributed by atoms with Crippen LogP contribution in [0.25, 0.3) is 0 Å². The number of ether oxygens (including phenoxy) is 2. The van der Waals surface area contributed by atoms with E-state index in [0.29, 0.717) is 18.0 Å². The molecule has 0 fully saturated rings. The molecule has 7 heteroatoms. The van der Waals surface area contributed by atoms with E-state index in [0.717, 1.165) is 15.9 Å². The molecule has 20 heavy (non-hydrogen) atoms. The summed E-state index contributed by atoms with van der Waals surface area (Å²) in [4.78, 5) is 0. The first-order valence-electron chi connectivity index (χ1n) is 6.23. The van der Waals surface area contributed by atoms with Gasteiger partial charge in [0.1, 0.15) is 0 Å². The van der Waals surface area contributed by atoms with Crippen LogP contribution in [-0.4, -0.2) is 34.4 Å². The van der Waals surface area contributed by atoms with Gasteiger partial charge in [0.15, 0.2) is 17.3 Å². The lowest BCUT2D eigenvalue weighted by Gasteiger charge is -2.14. The van der Waals surface area contributed by atoms with Gasteiger partial charge >= 0.3 is 0 Å². The Morgan fingerprint density at radius 1 is 1.25 bits per heavy atom. The summed E-state index contributed by atoms with van der Waals surface area (Å²) in [5, 5.41) is 11.8. The van der Waals surface area contributed by atoms with Crippen molar-refractivity contribution in [3.8, 4) is 11.5 Å². The molecule has 0 aliphatic rings. The number of benzene rings is 1. The summed E-state index contributed by atoms with van der Waals surface area (Å²) in [5.74, 6) is 2.48. The molecule has 108 valence electrons. The Kier molecular flexibility index (Phi) is 4.59. The van der Waals surface area contributed by atoms with Gasteiger partial charge in [-0.05, 0) is 38.0 Å². The zero-order valence-electron chi connectivity index (χ0n) is 11.9. The van der Waals surface area contributed by atoms with E-state index in [9.17, 15) is 0 Å². The van der Waals surface area contributed by atoms with Gasteiger partial charge in [-0.15, -0.1) is 5.10 Å². The van der Waals surface area contributed by atoms with Gasteiger partial charge in [-0.25, -0.2) is 4.68 Å². The summed E-state index contributed by atoms with van der Waals surface area (Å²) >= 11 is 3.55. The molecule has 0 saturated carbocycles. The fraction of sp³-hybridized carbons (Fsp3) is 0.462. The lowest BCUT2D eigenvalue weighted by molar-refractivity contribution is 0.352. The number of methoxy groups -OCH3 is 2. The smallest absolute Gasteiger partial charge is 0.175 e.